The Balaban J connectivity index is 2.34. The number of nitrogens with zero attached hydrogens (tertiary/aromatic N) is 1. The van der Waals surface area contributed by atoms with E-state index in [-0.39, 0.29) is 11.9 Å². The molecule has 1 unspecified atom stereocenters. The van der Waals surface area contributed by atoms with Crippen molar-refractivity contribution in [3.8, 4) is 0 Å². The minimum absolute atomic E-state index is 0.173. The molecule has 2 rings (SSSR count). The third-order valence-corrected chi connectivity index (χ3v) is 2.00. The van der Waals surface area contributed by atoms with Crippen molar-refractivity contribution in [3.05, 3.63) is 34.6 Å². The van der Waals surface area contributed by atoms with E-state index in [9.17, 15) is 4.39 Å². The van der Waals surface area contributed by atoms with Gasteiger partial charge in [0, 0.05) is 5.02 Å². The highest BCUT2D eigenvalue weighted by atomic mass is 35.5. The first-order chi connectivity index (χ1) is 6.25. The fourth-order valence-electron chi connectivity index (χ4n) is 1.19. The molecule has 1 aliphatic heterocycles. The first-order valence-corrected chi connectivity index (χ1v) is 4.16. The van der Waals surface area contributed by atoms with Crippen molar-refractivity contribution in [1.29, 1.82) is 0 Å². The number of rotatable bonds is 1. The van der Waals surface area contributed by atoms with Crippen LogP contribution in [0.15, 0.2) is 23.2 Å². The van der Waals surface area contributed by atoms with Gasteiger partial charge < -0.3 is 4.74 Å². The third-order valence-electron chi connectivity index (χ3n) is 1.78. The summed E-state index contributed by atoms with van der Waals surface area (Å²) in [5.74, 6) is -0.357. The Hall–Kier alpha value is -1.09. The average Bonchev–Trinajstić information content (AvgIpc) is 2.53. The Kier molecular flexibility index (Phi) is 2.19. The highest BCUT2D eigenvalue weighted by Crippen LogP contribution is 2.24. The van der Waals surface area contributed by atoms with Crippen LogP contribution in [0.2, 0.25) is 5.02 Å². The van der Waals surface area contributed by atoms with Crippen LogP contribution in [-0.2, 0) is 4.74 Å². The van der Waals surface area contributed by atoms with Crippen LogP contribution in [0.1, 0.15) is 11.6 Å². The molecule has 1 atom stereocenters. The van der Waals surface area contributed by atoms with Crippen molar-refractivity contribution in [1.82, 2.24) is 0 Å². The summed E-state index contributed by atoms with van der Waals surface area (Å²) in [6.07, 6.45) is 2.37. The second kappa shape index (κ2) is 3.34. The first kappa shape index (κ1) is 8.51. The molecule has 0 aliphatic carbocycles. The fraction of sp³-hybridized carbons (Fsp3) is 0.222. The number of benzene rings is 1. The molecule has 0 fully saturated rings. The molecule has 0 N–H and O–H groups in total. The summed E-state index contributed by atoms with van der Waals surface area (Å²) < 4.78 is 17.7. The number of hydrogen-bond donors (Lipinski definition) is 0. The van der Waals surface area contributed by atoms with Gasteiger partial charge in [-0.05, 0) is 23.8 Å². The van der Waals surface area contributed by atoms with Crippen LogP contribution in [0, 0.1) is 5.82 Å². The van der Waals surface area contributed by atoms with Crippen molar-refractivity contribution in [3.63, 3.8) is 0 Å². The van der Waals surface area contributed by atoms with Crippen molar-refractivity contribution in [2.24, 2.45) is 4.99 Å². The van der Waals surface area contributed by atoms with Gasteiger partial charge in [0.05, 0.1) is 0 Å². The molecule has 1 aromatic rings. The molecule has 0 aromatic heterocycles. The highest BCUT2D eigenvalue weighted by molar-refractivity contribution is 6.30. The summed E-state index contributed by atoms with van der Waals surface area (Å²) in [5.41, 5.74) is 0.718. The second-order valence-corrected chi connectivity index (χ2v) is 3.19. The second-order valence-electron chi connectivity index (χ2n) is 2.75. The van der Waals surface area contributed by atoms with Crippen molar-refractivity contribution in [2.75, 3.05) is 6.61 Å². The van der Waals surface area contributed by atoms with Crippen molar-refractivity contribution >= 4 is 18.0 Å². The average molecular weight is 199 g/mol. The maximum atomic E-state index is 12.9. The summed E-state index contributed by atoms with van der Waals surface area (Å²) in [6, 6.07) is 4.16. The summed E-state index contributed by atoms with van der Waals surface area (Å²) in [5, 5.41) is 0.372. The zero-order chi connectivity index (χ0) is 9.26. The fourth-order valence-corrected chi connectivity index (χ4v) is 1.42. The molecule has 1 radical (unpaired) electrons. The van der Waals surface area contributed by atoms with E-state index in [1.165, 1.54) is 12.1 Å². The molecular formula is C9H6ClFNO. The lowest BCUT2D eigenvalue weighted by Gasteiger charge is -2.05. The zero-order valence-corrected chi connectivity index (χ0v) is 7.38. The summed E-state index contributed by atoms with van der Waals surface area (Å²) in [4.78, 5) is 3.89. The maximum absolute atomic E-state index is 12.9. The Morgan fingerprint density at radius 1 is 1.54 bits per heavy atom. The monoisotopic (exact) mass is 198 g/mol. The number of aliphatic imine (C=N–C) groups is 1. The molecule has 0 spiro atoms. The topological polar surface area (TPSA) is 21.6 Å². The SMILES string of the molecule is Fc1cc(Cl)cc(C2CO[C]=N2)c1. The predicted octanol–water partition coefficient (Wildman–Crippen LogP) is 2.46. The van der Waals surface area contributed by atoms with Crippen molar-refractivity contribution in [2.45, 2.75) is 6.04 Å². The smallest absolute Gasteiger partial charge is 0.273 e. The molecule has 1 aromatic carbocycles. The van der Waals surface area contributed by atoms with Gasteiger partial charge >= 0.3 is 0 Å². The summed E-state index contributed by atoms with van der Waals surface area (Å²) in [7, 11) is 0. The van der Waals surface area contributed by atoms with E-state index >= 15 is 0 Å². The van der Waals surface area contributed by atoms with Crippen LogP contribution < -0.4 is 0 Å². The zero-order valence-electron chi connectivity index (χ0n) is 6.63. The van der Waals surface area contributed by atoms with Crippen LogP contribution in [0.5, 0.6) is 0 Å². The van der Waals surface area contributed by atoms with Gasteiger partial charge in [-0.2, -0.15) is 0 Å². The van der Waals surface area contributed by atoms with Gasteiger partial charge in [-0.15, -0.1) is 0 Å². The van der Waals surface area contributed by atoms with E-state index in [4.69, 9.17) is 16.3 Å². The van der Waals surface area contributed by atoms with Crippen molar-refractivity contribution < 1.29 is 9.13 Å². The minimum atomic E-state index is -0.357. The molecule has 0 bridgehead atoms. The largest absolute Gasteiger partial charge is 0.471 e. The van der Waals surface area contributed by atoms with Gasteiger partial charge in [-0.3, -0.25) is 0 Å². The first-order valence-electron chi connectivity index (χ1n) is 3.78. The van der Waals surface area contributed by atoms with Crippen LogP contribution in [0.25, 0.3) is 0 Å². The van der Waals surface area contributed by atoms with E-state index in [0.717, 1.165) is 5.56 Å². The normalized spacial score (nSPS) is 20.3. The quantitative estimate of drug-likeness (QED) is 0.679. The molecule has 0 amide bonds. The Morgan fingerprint density at radius 2 is 2.38 bits per heavy atom. The Labute approximate surface area is 80.0 Å². The Bertz CT molecular complexity index is 333. The summed E-state index contributed by atoms with van der Waals surface area (Å²) in [6.45, 7) is 0.403. The van der Waals surface area contributed by atoms with E-state index in [1.54, 1.807) is 6.07 Å². The molecular weight excluding hydrogens is 193 g/mol. The van der Waals surface area contributed by atoms with Crippen LogP contribution in [-0.4, -0.2) is 13.0 Å². The number of ether oxygens (including phenoxy) is 1. The minimum Gasteiger partial charge on any atom is -0.471 e. The molecule has 0 saturated carbocycles. The van der Waals surface area contributed by atoms with E-state index in [1.807, 2.05) is 0 Å². The molecule has 13 heavy (non-hydrogen) atoms. The van der Waals surface area contributed by atoms with Crippen LogP contribution in [0.4, 0.5) is 4.39 Å². The van der Waals surface area contributed by atoms with E-state index in [0.29, 0.717) is 11.6 Å². The lowest BCUT2D eigenvalue weighted by atomic mass is 10.1. The van der Waals surface area contributed by atoms with E-state index in [2.05, 4.69) is 11.4 Å². The molecule has 1 heterocycles. The van der Waals surface area contributed by atoms with Crippen LogP contribution in [0.3, 0.4) is 0 Å². The third kappa shape index (κ3) is 1.80. The van der Waals surface area contributed by atoms with Gasteiger partial charge in [0.2, 0.25) is 0 Å². The summed E-state index contributed by atoms with van der Waals surface area (Å²) >= 11 is 5.69. The molecule has 1 aliphatic rings. The molecule has 67 valence electrons. The molecule has 4 heteroatoms. The van der Waals surface area contributed by atoms with Gasteiger partial charge in [0.15, 0.2) is 0 Å². The lowest BCUT2D eigenvalue weighted by molar-refractivity contribution is 0.330. The van der Waals surface area contributed by atoms with Crippen LogP contribution >= 0.6 is 11.6 Å². The number of hydrogen-bond acceptors (Lipinski definition) is 2. The van der Waals surface area contributed by atoms with Gasteiger partial charge in [-0.25, -0.2) is 9.38 Å². The molecule has 0 saturated heterocycles. The predicted molar refractivity (Wildman–Crippen MR) is 47.5 cm³/mol. The van der Waals surface area contributed by atoms with Gasteiger partial charge in [0.1, 0.15) is 18.5 Å². The number of halogens is 2. The highest BCUT2D eigenvalue weighted by Gasteiger charge is 2.16. The van der Waals surface area contributed by atoms with Gasteiger partial charge in [0.25, 0.3) is 6.40 Å². The molecule has 2 nitrogen and oxygen atoms in total. The Morgan fingerprint density at radius 3 is 3.00 bits per heavy atom. The maximum Gasteiger partial charge on any atom is 0.273 e. The van der Waals surface area contributed by atoms with E-state index < -0.39 is 0 Å². The lowest BCUT2D eigenvalue weighted by Crippen LogP contribution is -1.97. The standard InChI is InChI=1S/C9H6ClFNO/c10-7-1-6(2-8(11)3-7)9-4-13-5-12-9/h1-3,9H,4H2. The van der Waals surface area contributed by atoms with Gasteiger partial charge in [-0.1, -0.05) is 11.6 Å².